The fourth-order valence-electron chi connectivity index (χ4n) is 5.39. The standard InChI is InChI=1S/C28H31F7O3/c1-3-4-5-16-6-8-17(9-7-16)19-13-36-27(37-14-19)18-10-20(29)24(21(30)11-18)28(34,35)38-23-12-22(31)26(33)25(32)15(23)2/h10-12,16-17,19,27H,3-9,13-14H2,1-2H3. The van der Waals surface area contributed by atoms with Gasteiger partial charge in [0.05, 0.1) is 13.2 Å². The van der Waals surface area contributed by atoms with Gasteiger partial charge in [0.15, 0.2) is 23.7 Å². The molecule has 2 aromatic carbocycles. The summed E-state index contributed by atoms with van der Waals surface area (Å²) in [6.45, 7) is 3.69. The zero-order chi connectivity index (χ0) is 27.6. The summed E-state index contributed by atoms with van der Waals surface area (Å²) in [5, 5.41) is 0. The maximum atomic E-state index is 14.8. The number of benzene rings is 2. The largest absolute Gasteiger partial charge is 0.432 e. The van der Waals surface area contributed by atoms with E-state index in [0.29, 0.717) is 31.3 Å². The first-order chi connectivity index (χ1) is 18.0. The van der Waals surface area contributed by atoms with Gasteiger partial charge in [-0.2, -0.15) is 8.78 Å². The molecule has 1 heterocycles. The third kappa shape index (κ3) is 6.11. The predicted octanol–water partition coefficient (Wildman–Crippen LogP) is 8.48. The molecule has 2 aromatic rings. The first-order valence-corrected chi connectivity index (χ1v) is 12.9. The zero-order valence-corrected chi connectivity index (χ0v) is 21.3. The lowest BCUT2D eigenvalue weighted by molar-refractivity contribution is -0.215. The molecule has 10 heteroatoms. The maximum absolute atomic E-state index is 14.8. The van der Waals surface area contributed by atoms with Gasteiger partial charge in [-0.25, -0.2) is 22.0 Å². The van der Waals surface area contributed by atoms with E-state index in [1.54, 1.807) is 0 Å². The van der Waals surface area contributed by atoms with Crippen LogP contribution in [0.15, 0.2) is 18.2 Å². The maximum Gasteiger partial charge on any atom is 0.432 e. The van der Waals surface area contributed by atoms with Gasteiger partial charge in [0.25, 0.3) is 0 Å². The van der Waals surface area contributed by atoms with Crippen LogP contribution in [0.5, 0.6) is 5.75 Å². The fraction of sp³-hybridized carbons (Fsp3) is 0.571. The van der Waals surface area contributed by atoms with Crippen molar-refractivity contribution < 1.29 is 44.9 Å². The molecule has 1 saturated carbocycles. The van der Waals surface area contributed by atoms with Gasteiger partial charge in [0.1, 0.15) is 22.9 Å². The van der Waals surface area contributed by atoms with Crippen LogP contribution in [0, 0.1) is 53.8 Å². The summed E-state index contributed by atoms with van der Waals surface area (Å²) in [4.78, 5) is 0. The summed E-state index contributed by atoms with van der Waals surface area (Å²) in [5.74, 6) is -8.51. The zero-order valence-electron chi connectivity index (χ0n) is 21.3. The van der Waals surface area contributed by atoms with E-state index in [0.717, 1.165) is 38.5 Å². The molecule has 2 aliphatic rings. The minimum atomic E-state index is -4.66. The molecule has 2 fully saturated rings. The van der Waals surface area contributed by atoms with Crippen molar-refractivity contribution in [3.8, 4) is 5.75 Å². The van der Waals surface area contributed by atoms with Gasteiger partial charge in [-0.3, -0.25) is 0 Å². The topological polar surface area (TPSA) is 27.7 Å². The molecule has 0 aromatic heterocycles. The Labute approximate surface area is 217 Å². The molecular weight excluding hydrogens is 517 g/mol. The van der Waals surface area contributed by atoms with Crippen molar-refractivity contribution in [3.05, 3.63) is 64.0 Å². The van der Waals surface area contributed by atoms with E-state index in [-0.39, 0.29) is 17.5 Å². The Balaban J connectivity index is 1.41. The predicted molar refractivity (Wildman–Crippen MR) is 125 cm³/mol. The fourth-order valence-corrected chi connectivity index (χ4v) is 5.39. The average molecular weight is 549 g/mol. The van der Waals surface area contributed by atoms with E-state index in [9.17, 15) is 30.7 Å². The van der Waals surface area contributed by atoms with Crippen molar-refractivity contribution in [2.75, 3.05) is 13.2 Å². The van der Waals surface area contributed by atoms with Gasteiger partial charge in [0, 0.05) is 23.1 Å². The smallest absolute Gasteiger partial charge is 0.428 e. The Morgan fingerprint density at radius 3 is 2.03 bits per heavy atom. The average Bonchev–Trinajstić information content (AvgIpc) is 2.89. The summed E-state index contributed by atoms with van der Waals surface area (Å²) in [6.07, 6.45) is 2.34. The van der Waals surface area contributed by atoms with E-state index in [2.05, 4.69) is 11.7 Å². The van der Waals surface area contributed by atoms with E-state index in [1.165, 1.54) is 19.3 Å². The lowest BCUT2D eigenvalue weighted by Crippen LogP contribution is -2.34. The van der Waals surface area contributed by atoms with Gasteiger partial charge in [-0.05, 0) is 43.7 Å². The Hall–Kier alpha value is -2.33. The molecule has 0 amide bonds. The Morgan fingerprint density at radius 1 is 0.842 bits per heavy atom. The lowest BCUT2D eigenvalue weighted by Gasteiger charge is -2.38. The van der Waals surface area contributed by atoms with E-state index < -0.39 is 58.4 Å². The van der Waals surface area contributed by atoms with E-state index in [4.69, 9.17) is 9.47 Å². The summed E-state index contributed by atoms with van der Waals surface area (Å²) >= 11 is 0. The SMILES string of the molecule is CCCCC1CCC(C2COC(c3cc(F)c(C(F)(F)Oc4cc(F)c(F)c(F)c4C)c(F)c3)OC2)CC1. The van der Waals surface area contributed by atoms with Gasteiger partial charge < -0.3 is 14.2 Å². The molecule has 3 nitrogen and oxygen atoms in total. The number of ether oxygens (including phenoxy) is 3. The molecule has 0 spiro atoms. The van der Waals surface area contributed by atoms with Crippen LogP contribution in [0.1, 0.15) is 74.8 Å². The van der Waals surface area contributed by atoms with Gasteiger partial charge in [-0.15, -0.1) is 0 Å². The second kappa shape index (κ2) is 11.8. The molecule has 0 radical (unpaired) electrons. The monoisotopic (exact) mass is 548 g/mol. The van der Waals surface area contributed by atoms with Crippen molar-refractivity contribution in [1.29, 1.82) is 0 Å². The summed E-state index contributed by atoms with van der Waals surface area (Å²) in [6, 6.07) is 1.49. The highest BCUT2D eigenvalue weighted by Crippen LogP contribution is 2.41. The minimum absolute atomic E-state index is 0.128. The molecule has 4 rings (SSSR count). The number of halogens is 7. The molecule has 1 aliphatic carbocycles. The number of hydrogen-bond donors (Lipinski definition) is 0. The van der Waals surface area contributed by atoms with Crippen molar-refractivity contribution in [2.45, 2.75) is 71.2 Å². The third-order valence-electron chi connectivity index (χ3n) is 7.67. The Kier molecular flexibility index (Phi) is 8.92. The van der Waals surface area contributed by atoms with Crippen molar-refractivity contribution >= 4 is 0 Å². The Morgan fingerprint density at radius 2 is 1.45 bits per heavy atom. The molecule has 0 N–H and O–H groups in total. The lowest BCUT2D eigenvalue weighted by atomic mass is 9.74. The van der Waals surface area contributed by atoms with Gasteiger partial charge >= 0.3 is 6.11 Å². The molecule has 1 saturated heterocycles. The highest BCUT2D eigenvalue weighted by atomic mass is 19.3. The molecule has 0 unspecified atom stereocenters. The number of alkyl halides is 2. The summed E-state index contributed by atoms with van der Waals surface area (Å²) < 4.78 is 115. The van der Waals surface area contributed by atoms with Gasteiger partial charge in [-0.1, -0.05) is 39.0 Å². The van der Waals surface area contributed by atoms with Crippen LogP contribution in [0.3, 0.4) is 0 Å². The number of hydrogen-bond acceptors (Lipinski definition) is 3. The molecular formula is C28H31F7O3. The van der Waals surface area contributed by atoms with Crippen LogP contribution in [-0.2, 0) is 15.6 Å². The van der Waals surface area contributed by atoms with Gasteiger partial charge in [0.2, 0.25) is 0 Å². The van der Waals surface area contributed by atoms with Crippen LogP contribution in [-0.4, -0.2) is 13.2 Å². The van der Waals surface area contributed by atoms with E-state index in [1.807, 2.05) is 0 Å². The van der Waals surface area contributed by atoms with Crippen molar-refractivity contribution in [2.24, 2.45) is 17.8 Å². The quantitative estimate of drug-likeness (QED) is 0.245. The summed E-state index contributed by atoms with van der Waals surface area (Å²) in [5.41, 5.74) is -2.68. The number of rotatable bonds is 8. The van der Waals surface area contributed by atoms with Crippen molar-refractivity contribution in [1.82, 2.24) is 0 Å². The van der Waals surface area contributed by atoms with Crippen LogP contribution >= 0.6 is 0 Å². The highest BCUT2D eigenvalue weighted by Gasteiger charge is 2.43. The van der Waals surface area contributed by atoms with Crippen molar-refractivity contribution in [3.63, 3.8) is 0 Å². The molecule has 0 atom stereocenters. The van der Waals surface area contributed by atoms with Crippen LogP contribution < -0.4 is 4.74 Å². The van der Waals surface area contributed by atoms with Crippen LogP contribution in [0.4, 0.5) is 30.7 Å². The first-order valence-electron chi connectivity index (χ1n) is 12.9. The molecule has 38 heavy (non-hydrogen) atoms. The molecule has 1 aliphatic heterocycles. The first kappa shape index (κ1) is 28.7. The third-order valence-corrected chi connectivity index (χ3v) is 7.67. The second-order valence-electron chi connectivity index (χ2n) is 10.3. The molecule has 0 bridgehead atoms. The van der Waals surface area contributed by atoms with E-state index >= 15 is 0 Å². The molecule has 210 valence electrons. The second-order valence-corrected chi connectivity index (χ2v) is 10.3. The van der Waals surface area contributed by atoms with Crippen LogP contribution in [0.2, 0.25) is 0 Å². The Bertz CT molecular complexity index is 1100. The van der Waals surface area contributed by atoms with Crippen LogP contribution in [0.25, 0.3) is 0 Å². The normalized spacial score (nSPS) is 24.4. The highest BCUT2D eigenvalue weighted by molar-refractivity contribution is 5.37. The summed E-state index contributed by atoms with van der Waals surface area (Å²) in [7, 11) is 0. The minimum Gasteiger partial charge on any atom is -0.428 e. The number of unbranched alkanes of at least 4 members (excludes halogenated alkanes) is 1.